The van der Waals surface area contributed by atoms with Gasteiger partial charge in [-0.2, -0.15) is 0 Å². The van der Waals surface area contributed by atoms with Gasteiger partial charge in [0.05, 0.1) is 0 Å². The normalized spacial score (nSPS) is 14.1. The molecule has 2 heteroatoms. The summed E-state index contributed by atoms with van der Waals surface area (Å²) in [5.41, 5.74) is 1.49. The Hall–Kier alpha value is -0.470. The highest BCUT2D eigenvalue weighted by Crippen LogP contribution is 2.32. The van der Waals surface area contributed by atoms with E-state index < -0.39 is 0 Å². The number of nitrogens with one attached hydrogen (secondary N) is 1. The van der Waals surface area contributed by atoms with Crippen LogP contribution in [0.3, 0.4) is 0 Å². The number of unbranched alkanes of at least 4 members (excludes halogenated alkanes) is 1. The quantitative estimate of drug-likeness (QED) is 0.499. The van der Waals surface area contributed by atoms with Gasteiger partial charge >= 0.3 is 0 Å². The summed E-state index contributed by atoms with van der Waals surface area (Å²) < 4.78 is 0. The van der Waals surface area contributed by atoms with Gasteiger partial charge in [0.25, 0.3) is 0 Å². The second kappa shape index (κ2) is 11.1. The van der Waals surface area contributed by atoms with Crippen molar-refractivity contribution in [2.75, 3.05) is 12.8 Å². The van der Waals surface area contributed by atoms with Crippen LogP contribution >= 0.6 is 11.8 Å². The summed E-state index contributed by atoms with van der Waals surface area (Å²) >= 11 is 1.87. The highest BCUT2D eigenvalue weighted by atomic mass is 32.2. The summed E-state index contributed by atoms with van der Waals surface area (Å²) in [5.74, 6) is 0.842. The zero-order valence-corrected chi connectivity index (χ0v) is 15.1. The molecule has 21 heavy (non-hydrogen) atoms. The Labute approximate surface area is 136 Å². The van der Waals surface area contributed by atoms with E-state index in [0.29, 0.717) is 6.04 Å². The van der Waals surface area contributed by atoms with Crippen LogP contribution in [0.5, 0.6) is 0 Å². The average molecular weight is 308 g/mol. The molecular formula is C19H33NS. The maximum absolute atomic E-state index is 3.79. The Morgan fingerprint density at radius 3 is 2.48 bits per heavy atom. The van der Waals surface area contributed by atoms with Crippen LogP contribution in [-0.2, 0) is 0 Å². The molecule has 1 nitrogen and oxygen atoms in total. The molecule has 1 rings (SSSR count). The minimum Gasteiger partial charge on any atom is -0.310 e. The molecular weight excluding hydrogens is 274 g/mol. The van der Waals surface area contributed by atoms with E-state index in [1.54, 1.807) is 0 Å². The van der Waals surface area contributed by atoms with E-state index in [1.165, 1.54) is 49.0 Å². The Morgan fingerprint density at radius 1 is 1.10 bits per heavy atom. The molecule has 1 aromatic rings. The van der Waals surface area contributed by atoms with Gasteiger partial charge in [0.15, 0.2) is 0 Å². The molecule has 0 amide bonds. The minimum absolute atomic E-state index is 0.510. The largest absolute Gasteiger partial charge is 0.310 e. The van der Waals surface area contributed by atoms with Crippen molar-refractivity contribution < 1.29 is 0 Å². The first-order valence-electron chi connectivity index (χ1n) is 8.62. The third-order valence-corrected chi connectivity index (χ3v) is 5.08. The lowest BCUT2D eigenvalue weighted by Gasteiger charge is -2.26. The first-order valence-corrected chi connectivity index (χ1v) is 9.85. The fraction of sp³-hybridized carbons (Fsp3) is 0.684. The molecule has 0 radical (unpaired) electrons. The van der Waals surface area contributed by atoms with Crippen molar-refractivity contribution in [1.82, 2.24) is 5.32 Å². The van der Waals surface area contributed by atoms with Crippen molar-refractivity contribution >= 4 is 11.8 Å². The van der Waals surface area contributed by atoms with Gasteiger partial charge in [-0.3, -0.25) is 0 Å². The molecule has 0 saturated heterocycles. The van der Waals surface area contributed by atoms with Crippen LogP contribution in [0.1, 0.15) is 70.9 Å². The SMILES string of the molecule is CCCCC(CC)CC(NCCC)c1ccccc1SC. The van der Waals surface area contributed by atoms with Gasteiger partial charge in [-0.25, -0.2) is 0 Å². The van der Waals surface area contributed by atoms with Crippen molar-refractivity contribution in [3.63, 3.8) is 0 Å². The van der Waals surface area contributed by atoms with Gasteiger partial charge in [0.1, 0.15) is 0 Å². The van der Waals surface area contributed by atoms with E-state index in [4.69, 9.17) is 0 Å². The predicted molar refractivity (Wildman–Crippen MR) is 97.2 cm³/mol. The molecule has 0 bridgehead atoms. The lowest BCUT2D eigenvalue weighted by molar-refractivity contribution is 0.351. The summed E-state index contributed by atoms with van der Waals surface area (Å²) in [6.45, 7) is 8.00. The summed E-state index contributed by atoms with van der Waals surface area (Å²) in [4.78, 5) is 1.43. The summed E-state index contributed by atoms with van der Waals surface area (Å²) in [6, 6.07) is 9.41. The van der Waals surface area contributed by atoms with E-state index in [1.807, 2.05) is 11.8 Å². The van der Waals surface area contributed by atoms with E-state index >= 15 is 0 Å². The number of rotatable bonds is 11. The molecule has 0 aromatic heterocycles. The second-order valence-corrected chi connectivity index (χ2v) is 6.75. The minimum atomic E-state index is 0.510. The summed E-state index contributed by atoms with van der Waals surface area (Å²) in [6.07, 6.45) is 10.0. The fourth-order valence-electron chi connectivity index (χ4n) is 2.91. The molecule has 0 spiro atoms. The third kappa shape index (κ3) is 6.44. The molecule has 120 valence electrons. The molecule has 0 aliphatic rings. The average Bonchev–Trinajstić information content (AvgIpc) is 2.54. The van der Waals surface area contributed by atoms with E-state index in [9.17, 15) is 0 Å². The molecule has 1 aromatic carbocycles. The van der Waals surface area contributed by atoms with Crippen LogP contribution in [-0.4, -0.2) is 12.8 Å². The molecule has 0 heterocycles. The highest BCUT2D eigenvalue weighted by Gasteiger charge is 2.18. The molecule has 2 unspecified atom stereocenters. The third-order valence-electron chi connectivity index (χ3n) is 4.27. The van der Waals surface area contributed by atoms with Crippen LogP contribution in [0, 0.1) is 5.92 Å². The van der Waals surface area contributed by atoms with Gasteiger partial charge in [0, 0.05) is 10.9 Å². The van der Waals surface area contributed by atoms with Crippen molar-refractivity contribution in [3.8, 4) is 0 Å². The number of hydrogen-bond donors (Lipinski definition) is 1. The maximum atomic E-state index is 3.79. The molecule has 0 aliphatic carbocycles. The number of hydrogen-bond acceptors (Lipinski definition) is 2. The Bertz CT molecular complexity index is 378. The van der Waals surface area contributed by atoms with Crippen LogP contribution < -0.4 is 5.32 Å². The molecule has 0 saturated carbocycles. The van der Waals surface area contributed by atoms with Crippen LogP contribution in [0.25, 0.3) is 0 Å². The van der Waals surface area contributed by atoms with Crippen molar-refractivity contribution in [3.05, 3.63) is 29.8 Å². The standard InChI is InChI=1S/C19H33NS/c1-5-8-11-16(7-3)15-18(20-14-6-2)17-12-9-10-13-19(17)21-4/h9-10,12-13,16,18,20H,5-8,11,14-15H2,1-4H3. The van der Waals surface area contributed by atoms with E-state index in [2.05, 4.69) is 56.6 Å². The van der Waals surface area contributed by atoms with Crippen molar-refractivity contribution in [2.24, 2.45) is 5.92 Å². The van der Waals surface area contributed by atoms with Gasteiger partial charge in [-0.1, -0.05) is 64.7 Å². The van der Waals surface area contributed by atoms with Gasteiger partial charge in [0.2, 0.25) is 0 Å². The zero-order valence-electron chi connectivity index (χ0n) is 14.3. The van der Waals surface area contributed by atoms with Crippen molar-refractivity contribution in [1.29, 1.82) is 0 Å². The highest BCUT2D eigenvalue weighted by molar-refractivity contribution is 7.98. The van der Waals surface area contributed by atoms with Gasteiger partial charge in [-0.15, -0.1) is 11.8 Å². The first kappa shape index (κ1) is 18.6. The van der Waals surface area contributed by atoms with E-state index in [0.717, 1.165) is 12.5 Å². The topological polar surface area (TPSA) is 12.0 Å². The molecule has 0 aliphatic heterocycles. The fourth-order valence-corrected chi connectivity index (χ4v) is 3.57. The second-order valence-electron chi connectivity index (χ2n) is 5.90. The summed E-state index contributed by atoms with van der Waals surface area (Å²) in [5, 5.41) is 3.79. The number of benzene rings is 1. The maximum Gasteiger partial charge on any atom is 0.0333 e. The van der Waals surface area contributed by atoms with Crippen molar-refractivity contribution in [2.45, 2.75) is 70.2 Å². The van der Waals surface area contributed by atoms with Gasteiger partial charge in [-0.05, 0) is 43.2 Å². The summed E-state index contributed by atoms with van der Waals surface area (Å²) in [7, 11) is 0. The van der Waals surface area contributed by atoms with Crippen LogP contribution in [0.15, 0.2) is 29.2 Å². The molecule has 2 atom stereocenters. The Morgan fingerprint density at radius 2 is 1.86 bits per heavy atom. The van der Waals surface area contributed by atoms with Crippen LogP contribution in [0.2, 0.25) is 0 Å². The Balaban J connectivity index is 2.83. The first-order chi connectivity index (χ1) is 10.3. The lowest BCUT2D eigenvalue weighted by atomic mass is 9.89. The smallest absolute Gasteiger partial charge is 0.0333 e. The number of thioether (sulfide) groups is 1. The lowest BCUT2D eigenvalue weighted by Crippen LogP contribution is -2.25. The van der Waals surface area contributed by atoms with E-state index in [-0.39, 0.29) is 0 Å². The van der Waals surface area contributed by atoms with Crippen LogP contribution in [0.4, 0.5) is 0 Å². The van der Waals surface area contributed by atoms with Gasteiger partial charge < -0.3 is 5.32 Å². The monoisotopic (exact) mass is 307 g/mol. The molecule has 1 N–H and O–H groups in total. The molecule has 0 fully saturated rings. The zero-order chi connectivity index (χ0) is 15.5. The predicted octanol–water partition coefficient (Wildman–Crippen LogP) is 6.06. The Kier molecular flexibility index (Phi) is 9.86.